The Morgan fingerprint density at radius 3 is 2.50 bits per heavy atom. The fraction of sp³-hybridized carbons (Fsp3) is 0.350. The maximum Gasteiger partial charge on any atom is 0.241 e. The first-order valence-corrected chi connectivity index (χ1v) is 10.8. The summed E-state index contributed by atoms with van der Waals surface area (Å²) >= 11 is 0. The molecule has 1 amide bonds. The molecule has 1 fully saturated rings. The highest BCUT2D eigenvalue weighted by Gasteiger charge is 2.22. The third-order valence-corrected chi connectivity index (χ3v) is 6.33. The zero-order valence-electron chi connectivity index (χ0n) is 15.4. The number of rotatable bonds is 6. The van der Waals surface area contributed by atoms with Crippen LogP contribution >= 0.6 is 0 Å². The van der Waals surface area contributed by atoms with E-state index in [2.05, 4.69) is 4.72 Å². The van der Waals surface area contributed by atoms with E-state index in [1.165, 1.54) is 12.1 Å². The third-order valence-electron chi connectivity index (χ3n) is 4.93. The smallest absolute Gasteiger partial charge is 0.241 e. The molecule has 0 bridgehead atoms. The Morgan fingerprint density at radius 2 is 1.75 bits per heavy atom. The van der Waals surface area contributed by atoms with Crippen molar-refractivity contribution in [2.24, 2.45) is 0 Å². The highest BCUT2D eigenvalue weighted by Crippen LogP contribution is 2.32. The number of nitrogens with one attached hydrogen (secondary N) is 1. The van der Waals surface area contributed by atoms with E-state index in [-0.39, 0.29) is 17.3 Å². The van der Waals surface area contributed by atoms with Gasteiger partial charge in [0.1, 0.15) is 13.2 Å². The molecule has 0 radical (unpaired) electrons. The fourth-order valence-corrected chi connectivity index (χ4v) is 4.43. The summed E-state index contributed by atoms with van der Waals surface area (Å²) in [6, 6.07) is 12.2. The molecule has 148 valence electrons. The topological polar surface area (TPSA) is 84.9 Å². The standard InChI is InChI=1S/C20H22N2O5S/c23-20-6-3-9-22(20)14-16-5-2-1-4-15(16)13-21-28(24,25)17-7-8-18-19(12-17)27-11-10-26-18/h1-2,4-5,7-8,12,21H,3,6,9-11,13-14H2. The SMILES string of the molecule is O=C1CCCN1Cc1ccccc1CNS(=O)(=O)c1ccc2c(c1)OCCO2. The Balaban J connectivity index is 1.49. The van der Waals surface area contributed by atoms with Gasteiger partial charge in [0.2, 0.25) is 15.9 Å². The second-order valence-electron chi connectivity index (χ2n) is 6.82. The number of hydrogen-bond donors (Lipinski definition) is 1. The maximum absolute atomic E-state index is 12.7. The van der Waals surface area contributed by atoms with Crippen molar-refractivity contribution in [1.29, 1.82) is 0 Å². The van der Waals surface area contributed by atoms with Crippen molar-refractivity contribution >= 4 is 15.9 Å². The van der Waals surface area contributed by atoms with Crippen LogP contribution in [0.5, 0.6) is 11.5 Å². The highest BCUT2D eigenvalue weighted by molar-refractivity contribution is 7.89. The maximum atomic E-state index is 12.7. The van der Waals surface area contributed by atoms with Crippen LogP contribution in [0.15, 0.2) is 47.4 Å². The van der Waals surface area contributed by atoms with Gasteiger partial charge in [0, 0.05) is 32.1 Å². The molecule has 2 aromatic carbocycles. The molecule has 2 aliphatic heterocycles. The van der Waals surface area contributed by atoms with Gasteiger partial charge in [0.15, 0.2) is 11.5 Å². The van der Waals surface area contributed by atoms with Crippen molar-refractivity contribution in [3.63, 3.8) is 0 Å². The largest absolute Gasteiger partial charge is 0.486 e. The summed E-state index contributed by atoms with van der Waals surface area (Å²) < 4.78 is 39.0. The van der Waals surface area contributed by atoms with Gasteiger partial charge in [-0.05, 0) is 29.7 Å². The van der Waals surface area contributed by atoms with Crippen LogP contribution in [0.4, 0.5) is 0 Å². The van der Waals surface area contributed by atoms with Crippen molar-refractivity contribution in [2.45, 2.75) is 30.8 Å². The summed E-state index contributed by atoms with van der Waals surface area (Å²) in [7, 11) is -3.71. The van der Waals surface area contributed by atoms with Crippen molar-refractivity contribution in [1.82, 2.24) is 9.62 Å². The Morgan fingerprint density at radius 1 is 1.00 bits per heavy atom. The molecule has 0 aromatic heterocycles. The molecule has 2 aromatic rings. The fourth-order valence-electron chi connectivity index (χ4n) is 3.41. The van der Waals surface area contributed by atoms with Gasteiger partial charge in [-0.3, -0.25) is 4.79 Å². The average Bonchev–Trinajstić information content (AvgIpc) is 3.11. The van der Waals surface area contributed by atoms with E-state index >= 15 is 0 Å². The summed E-state index contributed by atoms with van der Waals surface area (Å²) in [6.07, 6.45) is 1.46. The van der Waals surface area contributed by atoms with E-state index in [0.717, 1.165) is 24.1 Å². The molecule has 28 heavy (non-hydrogen) atoms. The molecule has 0 saturated carbocycles. The minimum Gasteiger partial charge on any atom is -0.486 e. The Kier molecular flexibility index (Phi) is 5.23. The first-order chi connectivity index (χ1) is 13.5. The lowest BCUT2D eigenvalue weighted by atomic mass is 10.1. The summed E-state index contributed by atoms with van der Waals surface area (Å²) in [6.45, 7) is 2.24. The normalized spacial score (nSPS) is 16.4. The Hall–Kier alpha value is -2.58. The number of carbonyl (C=O) groups excluding carboxylic acids is 1. The number of benzene rings is 2. The lowest BCUT2D eigenvalue weighted by molar-refractivity contribution is -0.128. The van der Waals surface area contributed by atoms with Gasteiger partial charge in [0.25, 0.3) is 0 Å². The van der Waals surface area contributed by atoms with Crippen molar-refractivity contribution in [3.05, 3.63) is 53.6 Å². The highest BCUT2D eigenvalue weighted by atomic mass is 32.2. The van der Waals surface area contributed by atoms with Crippen LogP contribution in [0.3, 0.4) is 0 Å². The van der Waals surface area contributed by atoms with E-state index in [4.69, 9.17) is 9.47 Å². The van der Waals surface area contributed by atoms with E-state index in [0.29, 0.717) is 37.7 Å². The number of sulfonamides is 1. The van der Waals surface area contributed by atoms with Gasteiger partial charge in [-0.25, -0.2) is 13.1 Å². The first kappa shape index (κ1) is 18.8. The van der Waals surface area contributed by atoms with Crippen LogP contribution in [-0.2, 0) is 27.9 Å². The quantitative estimate of drug-likeness (QED) is 0.800. The molecule has 1 saturated heterocycles. The number of amides is 1. The molecule has 0 aliphatic carbocycles. The zero-order valence-corrected chi connectivity index (χ0v) is 16.2. The Bertz CT molecular complexity index is 990. The number of likely N-dealkylation sites (tertiary alicyclic amines) is 1. The minimum absolute atomic E-state index is 0.129. The van der Waals surface area contributed by atoms with Gasteiger partial charge >= 0.3 is 0 Å². The molecule has 2 heterocycles. The minimum atomic E-state index is -3.71. The van der Waals surface area contributed by atoms with E-state index in [1.807, 2.05) is 29.2 Å². The van der Waals surface area contributed by atoms with Crippen LogP contribution in [0.25, 0.3) is 0 Å². The second kappa shape index (κ2) is 7.81. The molecule has 2 aliphatic rings. The van der Waals surface area contributed by atoms with Gasteiger partial charge in [0.05, 0.1) is 4.90 Å². The monoisotopic (exact) mass is 402 g/mol. The first-order valence-electron chi connectivity index (χ1n) is 9.27. The molecule has 1 N–H and O–H groups in total. The van der Waals surface area contributed by atoms with Crippen LogP contribution in [0.2, 0.25) is 0 Å². The van der Waals surface area contributed by atoms with Crippen molar-refractivity contribution in [3.8, 4) is 11.5 Å². The average molecular weight is 402 g/mol. The number of carbonyl (C=O) groups is 1. The third kappa shape index (κ3) is 3.98. The zero-order chi connectivity index (χ0) is 19.6. The van der Waals surface area contributed by atoms with E-state index < -0.39 is 10.0 Å². The van der Waals surface area contributed by atoms with Crippen LogP contribution < -0.4 is 14.2 Å². The van der Waals surface area contributed by atoms with Gasteiger partial charge in [-0.1, -0.05) is 24.3 Å². The number of fused-ring (bicyclic) bond motifs is 1. The van der Waals surface area contributed by atoms with Crippen molar-refractivity contribution in [2.75, 3.05) is 19.8 Å². The number of ether oxygens (including phenoxy) is 2. The molecule has 0 unspecified atom stereocenters. The van der Waals surface area contributed by atoms with Crippen LogP contribution in [-0.4, -0.2) is 39.0 Å². The summed E-state index contributed by atoms with van der Waals surface area (Å²) in [4.78, 5) is 13.8. The molecular weight excluding hydrogens is 380 g/mol. The lowest BCUT2D eigenvalue weighted by Crippen LogP contribution is -2.27. The molecule has 7 nitrogen and oxygen atoms in total. The van der Waals surface area contributed by atoms with Gasteiger partial charge < -0.3 is 14.4 Å². The molecule has 0 atom stereocenters. The Labute approximate surface area is 164 Å². The van der Waals surface area contributed by atoms with Crippen molar-refractivity contribution < 1.29 is 22.7 Å². The molecular formula is C20H22N2O5S. The van der Waals surface area contributed by atoms with Crippen LogP contribution in [0, 0.1) is 0 Å². The summed E-state index contributed by atoms with van der Waals surface area (Å²) in [5.41, 5.74) is 1.80. The van der Waals surface area contributed by atoms with Gasteiger partial charge in [-0.2, -0.15) is 0 Å². The van der Waals surface area contributed by atoms with E-state index in [1.54, 1.807) is 6.07 Å². The molecule has 8 heteroatoms. The lowest BCUT2D eigenvalue weighted by Gasteiger charge is -2.19. The summed E-state index contributed by atoms with van der Waals surface area (Å²) in [5, 5.41) is 0. The van der Waals surface area contributed by atoms with Gasteiger partial charge in [-0.15, -0.1) is 0 Å². The van der Waals surface area contributed by atoms with E-state index in [9.17, 15) is 13.2 Å². The predicted octanol–water partition coefficient (Wildman–Crippen LogP) is 2.06. The summed E-state index contributed by atoms with van der Waals surface area (Å²) in [5.74, 6) is 1.12. The number of nitrogens with zero attached hydrogens (tertiary/aromatic N) is 1. The molecule has 4 rings (SSSR count). The second-order valence-corrected chi connectivity index (χ2v) is 8.58. The van der Waals surface area contributed by atoms with Crippen LogP contribution in [0.1, 0.15) is 24.0 Å². The predicted molar refractivity (Wildman–Crippen MR) is 103 cm³/mol. The molecule has 0 spiro atoms. The number of hydrogen-bond acceptors (Lipinski definition) is 5.